The monoisotopic (exact) mass is 435 g/mol. The Kier molecular flexibility index (Phi) is 4.63. The van der Waals surface area contributed by atoms with Crippen molar-refractivity contribution in [2.45, 2.75) is 70.8 Å². The maximum absolute atomic E-state index is 13.8. The summed E-state index contributed by atoms with van der Waals surface area (Å²) in [6, 6.07) is 5.42. The van der Waals surface area contributed by atoms with Gasteiger partial charge >= 0.3 is 0 Å². The molecular weight excluding hydrogens is 402 g/mol. The van der Waals surface area contributed by atoms with E-state index in [1.807, 2.05) is 23.1 Å². The van der Waals surface area contributed by atoms with Gasteiger partial charge in [-0.15, -0.1) is 0 Å². The summed E-state index contributed by atoms with van der Waals surface area (Å²) in [6.45, 7) is 2.98. The summed E-state index contributed by atoms with van der Waals surface area (Å²) < 4.78 is 0. The van der Waals surface area contributed by atoms with Gasteiger partial charge in [0, 0.05) is 31.4 Å². The number of likely N-dealkylation sites (tertiary alicyclic amines) is 1. The van der Waals surface area contributed by atoms with E-state index in [2.05, 4.69) is 5.32 Å². The van der Waals surface area contributed by atoms with Crippen molar-refractivity contribution in [2.24, 2.45) is 23.2 Å². The van der Waals surface area contributed by atoms with E-state index in [9.17, 15) is 14.4 Å². The maximum atomic E-state index is 13.8. The highest BCUT2D eigenvalue weighted by Gasteiger charge is 2.56. The molecule has 5 fully saturated rings. The standard InChI is InChI=1S/C26H33N3O3/c1-16(30)28-8-6-20-12-21(4-5-22(20)28)27-24(31)23-3-2-7-29(23)25(32)26-13-17-9-18(14-26)11-19(10-17)15-26/h4-5,12,17-19,23H,2-3,6-11,13-15H2,1H3,(H,27,31)/t17?,18?,19?,23-,26?/m1/s1. The fourth-order valence-electron chi connectivity index (χ4n) is 7.99. The second-order valence-electron chi connectivity index (χ2n) is 11.1. The lowest BCUT2D eigenvalue weighted by Crippen LogP contribution is -2.56. The Bertz CT molecular complexity index is 951. The number of nitrogens with one attached hydrogen (secondary N) is 1. The molecule has 0 spiro atoms. The molecule has 2 heterocycles. The lowest BCUT2D eigenvalue weighted by atomic mass is 9.49. The summed E-state index contributed by atoms with van der Waals surface area (Å²) in [7, 11) is 0. The van der Waals surface area contributed by atoms with Crippen LogP contribution in [0.5, 0.6) is 0 Å². The molecule has 1 N–H and O–H groups in total. The number of anilines is 2. The summed E-state index contributed by atoms with van der Waals surface area (Å²) in [5.74, 6) is 2.41. The molecule has 4 aliphatic carbocycles. The minimum atomic E-state index is -0.363. The summed E-state index contributed by atoms with van der Waals surface area (Å²) in [4.78, 5) is 42.6. The second-order valence-corrected chi connectivity index (χ2v) is 11.1. The van der Waals surface area contributed by atoms with Gasteiger partial charge in [0.1, 0.15) is 6.04 Å². The largest absolute Gasteiger partial charge is 0.330 e. The van der Waals surface area contributed by atoms with Crippen LogP contribution in [-0.2, 0) is 20.8 Å². The van der Waals surface area contributed by atoms with Gasteiger partial charge in [0.05, 0.1) is 5.41 Å². The zero-order valence-electron chi connectivity index (χ0n) is 18.9. The fraction of sp³-hybridized carbons (Fsp3) is 0.654. The van der Waals surface area contributed by atoms with Crippen LogP contribution in [-0.4, -0.2) is 41.8 Å². The summed E-state index contributed by atoms with van der Waals surface area (Å²) >= 11 is 0. The minimum Gasteiger partial charge on any atom is -0.330 e. The quantitative estimate of drug-likeness (QED) is 0.786. The zero-order valence-corrected chi connectivity index (χ0v) is 18.9. The number of hydrogen-bond donors (Lipinski definition) is 1. The number of carbonyl (C=O) groups is 3. The van der Waals surface area contributed by atoms with Gasteiger partial charge in [-0.25, -0.2) is 0 Å². The van der Waals surface area contributed by atoms with Crippen LogP contribution in [0.1, 0.15) is 63.9 Å². The topological polar surface area (TPSA) is 69.7 Å². The van der Waals surface area contributed by atoms with Crippen molar-refractivity contribution in [3.63, 3.8) is 0 Å². The molecule has 1 saturated heterocycles. The first-order valence-electron chi connectivity index (χ1n) is 12.4. The summed E-state index contributed by atoms with van der Waals surface area (Å²) in [6.07, 6.45) is 9.52. The van der Waals surface area contributed by atoms with E-state index in [4.69, 9.17) is 0 Å². The Morgan fingerprint density at radius 3 is 2.34 bits per heavy atom. The highest BCUT2D eigenvalue weighted by atomic mass is 16.2. The Labute approximate surface area is 189 Å². The zero-order chi connectivity index (χ0) is 22.0. The fourth-order valence-corrected chi connectivity index (χ4v) is 7.99. The van der Waals surface area contributed by atoms with Crippen LogP contribution in [0.4, 0.5) is 11.4 Å². The molecule has 6 aliphatic rings. The molecule has 7 rings (SSSR count). The Morgan fingerprint density at radius 1 is 1.00 bits per heavy atom. The molecule has 32 heavy (non-hydrogen) atoms. The highest BCUT2D eigenvalue weighted by molar-refractivity contribution is 5.99. The predicted octanol–water partition coefficient (Wildman–Crippen LogP) is 3.74. The summed E-state index contributed by atoms with van der Waals surface area (Å²) in [5, 5.41) is 3.08. The lowest BCUT2D eigenvalue weighted by Gasteiger charge is -2.56. The predicted molar refractivity (Wildman–Crippen MR) is 122 cm³/mol. The molecule has 6 nitrogen and oxygen atoms in total. The van der Waals surface area contributed by atoms with Gasteiger partial charge in [0.2, 0.25) is 17.7 Å². The number of nitrogens with zero attached hydrogens (tertiary/aromatic N) is 2. The van der Waals surface area contributed by atoms with E-state index in [1.165, 1.54) is 19.3 Å². The SMILES string of the molecule is CC(=O)N1CCc2cc(NC(=O)[C@H]3CCCN3C(=O)C34CC5CC(CC(C5)C3)C4)ccc21. The normalized spacial score (nSPS) is 34.7. The van der Waals surface area contributed by atoms with Crippen LogP contribution in [0.25, 0.3) is 0 Å². The molecule has 170 valence electrons. The first-order chi connectivity index (χ1) is 15.4. The first-order valence-corrected chi connectivity index (χ1v) is 12.4. The van der Waals surface area contributed by atoms with E-state index >= 15 is 0 Å². The van der Waals surface area contributed by atoms with Gasteiger partial charge in [0.15, 0.2) is 0 Å². The number of benzene rings is 1. The average Bonchev–Trinajstić information content (AvgIpc) is 3.39. The van der Waals surface area contributed by atoms with E-state index < -0.39 is 0 Å². The third-order valence-electron chi connectivity index (χ3n) is 8.93. The Morgan fingerprint density at radius 2 is 1.69 bits per heavy atom. The molecule has 3 amide bonds. The smallest absolute Gasteiger partial charge is 0.247 e. The van der Waals surface area contributed by atoms with Crippen molar-refractivity contribution in [3.05, 3.63) is 23.8 Å². The van der Waals surface area contributed by atoms with Gasteiger partial charge in [0.25, 0.3) is 0 Å². The molecule has 1 atom stereocenters. The minimum absolute atomic E-state index is 0.0466. The van der Waals surface area contributed by atoms with E-state index in [-0.39, 0.29) is 29.2 Å². The van der Waals surface area contributed by atoms with Crippen LogP contribution >= 0.6 is 0 Å². The molecule has 2 aliphatic heterocycles. The first kappa shape index (κ1) is 20.3. The van der Waals surface area contributed by atoms with Crippen LogP contribution in [0.3, 0.4) is 0 Å². The molecule has 4 bridgehead atoms. The number of hydrogen-bond acceptors (Lipinski definition) is 3. The molecular formula is C26H33N3O3. The van der Waals surface area contributed by atoms with Gasteiger partial charge in [-0.3, -0.25) is 14.4 Å². The van der Waals surface area contributed by atoms with Crippen molar-refractivity contribution in [3.8, 4) is 0 Å². The van der Waals surface area contributed by atoms with Crippen molar-refractivity contribution in [1.82, 2.24) is 4.90 Å². The van der Waals surface area contributed by atoms with Crippen LogP contribution < -0.4 is 10.2 Å². The van der Waals surface area contributed by atoms with Crippen molar-refractivity contribution in [1.29, 1.82) is 0 Å². The number of amides is 3. The number of carbonyl (C=O) groups excluding carboxylic acids is 3. The molecule has 0 radical (unpaired) electrons. The molecule has 4 saturated carbocycles. The van der Waals surface area contributed by atoms with Gasteiger partial charge in [-0.1, -0.05) is 0 Å². The van der Waals surface area contributed by atoms with Gasteiger partial charge in [-0.2, -0.15) is 0 Å². The van der Waals surface area contributed by atoms with E-state index in [0.717, 1.165) is 73.2 Å². The third-order valence-corrected chi connectivity index (χ3v) is 8.93. The van der Waals surface area contributed by atoms with Crippen LogP contribution in [0, 0.1) is 23.2 Å². The molecule has 0 unspecified atom stereocenters. The van der Waals surface area contributed by atoms with Crippen molar-refractivity contribution < 1.29 is 14.4 Å². The molecule has 1 aromatic carbocycles. The average molecular weight is 436 g/mol. The van der Waals surface area contributed by atoms with E-state index in [1.54, 1.807) is 11.8 Å². The number of fused-ring (bicyclic) bond motifs is 1. The second kappa shape index (κ2) is 7.32. The van der Waals surface area contributed by atoms with Crippen molar-refractivity contribution in [2.75, 3.05) is 23.3 Å². The van der Waals surface area contributed by atoms with Crippen molar-refractivity contribution >= 4 is 29.1 Å². The highest BCUT2D eigenvalue weighted by Crippen LogP contribution is 2.60. The molecule has 0 aromatic heterocycles. The Hall–Kier alpha value is -2.37. The maximum Gasteiger partial charge on any atom is 0.247 e. The third kappa shape index (κ3) is 3.17. The van der Waals surface area contributed by atoms with Gasteiger partial charge in [-0.05, 0) is 99.3 Å². The Balaban J connectivity index is 1.17. The summed E-state index contributed by atoms with van der Waals surface area (Å²) in [5.41, 5.74) is 2.59. The van der Waals surface area contributed by atoms with E-state index in [0.29, 0.717) is 13.1 Å². The lowest BCUT2D eigenvalue weighted by molar-refractivity contribution is -0.160. The van der Waals surface area contributed by atoms with Crippen LogP contribution in [0.15, 0.2) is 18.2 Å². The van der Waals surface area contributed by atoms with Gasteiger partial charge < -0.3 is 15.1 Å². The molecule has 6 heteroatoms. The van der Waals surface area contributed by atoms with Crippen LogP contribution in [0.2, 0.25) is 0 Å². The number of rotatable bonds is 3. The molecule has 1 aromatic rings.